The Hall–Kier alpha value is -0.210. The van der Waals surface area contributed by atoms with Crippen LogP contribution in [-0.4, -0.2) is 66.1 Å². The molecule has 0 amide bonds. The average Bonchev–Trinajstić information content (AvgIpc) is 2.23. The minimum atomic E-state index is -3.45. The van der Waals surface area contributed by atoms with Gasteiger partial charge in [0, 0.05) is 26.2 Å². The quantitative estimate of drug-likeness (QED) is 0.776. The molecule has 2 atom stereocenters. The zero-order chi connectivity index (χ0) is 13.6. The second kappa shape index (κ2) is 4.72. The van der Waals surface area contributed by atoms with Crippen LogP contribution in [0.3, 0.4) is 0 Å². The van der Waals surface area contributed by atoms with Gasteiger partial charge in [-0.15, -0.1) is 0 Å². The normalized spacial score (nSPS) is 34.2. The van der Waals surface area contributed by atoms with Crippen LogP contribution in [0.25, 0.3) is 0 Å². The van der Waals surface area contributed by atoms with E-state index in [9.17, 15) is 13.5 Å². The lowest BCUT2D eigenvalue weighted by molar-refractivity contribution is -0.0714. The molecular weight excluding hydrogens is 256 g/mol. The van der Waals surface area contributed by atoms with Gasteiger partial charge in [-0.3, -0.25) is 0 Å². The van der Waals surface area contributed by atoms with E-state index in [2.05, 4.69) is 0 Å². The zero-order valence-electron chi connectivity index (χ0n) is 11.2. The number of rotatable bonds is 3. The third-order valence-electron chi connectivity index (χ3n) is 3.64. The van der Waals surface area contributed by atoms with Crippen LogP contribution in [0.4, 0.5) is 0 Å². The van der Waals surface area contributed by atoms with Crippen molar-refractivity contribution < 1.29 is 18.3 Å². The predicted octanol–water partition coefficient (Wildman–Crippen LogP) is -0.203. The van der Waals surface area contributed by atoms with Crippen LogP contribution < -0.4 is 0 Å². The molecule has 0 bridgehead atoms. The van der Waals surface area contributed by atoms with Gasteiger partial charge in [-0.25, -0.2) is 0 Å². The van der Waals surface area contributed by atoms with Crippen molar-refractivity contribution in [2.24, 2.45) is 0 Å². The monoisotopic (exact) mass is 278 g/mol. The first kappa shape index (κ1) is 14.2. The highest BCUT2D eigenvalue weighted by Crippen LogP contribution is 2.29. The molecule has 2 unspecified atom stereocenters. The molecule has 0 spiro atoms. The van der Waals surface area contributed by atoms with Gasteiger partial charge in [-0.2, -0.15) is 17.0 Å². The van der Waals surface area contributed by atoms with Gasteiger partial charge >= 0.3 is 0 Å². The number of nitrogens with zero attached hydrogens (tertiary/aromatic N) is 2. The summed E-state index contributed by atoms with van der Waals surface area (Å²) < 4.78 is 33.0. The first-order valence-corrected chi connectivity index (χ1v) is 7.79. The van der Waals surface area contributed by atoms with E-state index < -0.39 is 15.8 Å². The molecule has 2 saturated heterocycles. The van der Waals surface area contributed by atoms with E-state index in [1.54, 1.807) is 0 Å². The maximum absolute atomic E-state index is 12.3. The fourth-order valence-electron chi connectivity index (χ4n) is 2.48. The molecule has 18 heavy (non-hydrogen) atoms. The van der Waals surface area contributed by atoms with Crippen molar-refractivity contribution in [3.63, 3.8) is 0 Å². The molecule has 7 heteroatoms. The lowest BCUT2D eigenvalue weighted by Crippen LogP contribution is -2.66. The van der Waals surface area contributed by atoms with E-state index in [4.69, 9.17) is 4.74 Å². The van der Waals surface area contributed by atoms with Gasteiger partial charge < -0.3 is 9.84 Å². The van der Waals surface area contributed by atoms with Crippen LogP contribution in [0.5, 0.6) is 0 Å². The highest BCUT2D eigenvalue weighted by molar-refractivity contribution is 7.86. The minimum Gasteiger partial charge on any atom is -0.387 e. The molecule has 0 aromatic carbocycles. The van der Waals surface area contributed by atoms with Gasteiger partial charge in [-0.1, -0.05) is 6.92 Å². The van der Waals surface area contributed by atoms with E-state index in [0.29, 0.717) is 19.5 Å². The lowest BCUT2D eigenvalue weighted by atomic mass is 9.94. The fraction of sp³-hybridized carbons (Fsp3) is 1.00. The van der Waals surface area contributed by atoms with Gasteiger partial charge in [0.1, 0.15) is 0 Å². The number of hydrogen-bond donors (Lipinski definition) is 1. The summed E-state index contributed by atoms with van der Waals surface area (Å²) in [5.74, 6) is 0. The molecular formula is C11H22N2O4S. The second-order valence-electron chi connectivity index (χ2n) is 5.43. The summed E-state index contributed by atoms with van der Waals surface area (Å²) in [6.07, 6.45) is 0.402. The summed E-state index contributed by atoms with van der Waals surface area (Å²) in [7, 11) is -3.45. The summed E-state index contributed by atoms with van der Waals surface area (Å²) in [4.78, 5) is 0. The van der Waals surface area contributed by atoms with Gasteiger partial charge in [0.15, 0.2) is 0 Å². The van der Waals surface area contributed by atoms with Crippen LogP contribution in [0, 0.1) is 0 Å². The van der Waals surface area contributed by atoms with Crippen molar-refractivity contribution in [1.82, 2.24) is 8.61 Å². The Kier molecular flexibility index (Phi) is 3.72. The van der Waals surface area contributed by atoms with Crippen LogP contribution in [-0.2, 0) is 14.9 Å². The molecule has 2 fully saturated rings. The maximum atomic E-state index is 12.3. The Morgan fingerprint density at radius 3 is 2.17 bits per heavy atom. The smallest absolute Gasteiger partial charge is 0.282 e. The van der Waals surface area contributed by atoms with Gasteiger partial charge in [0.25, 0.3) is 10.2 Å². The van der Waals surface area contributed by atoms with E-state index in [1.807, 2.05) is 20.8 Å². The topological polar surface area (TPSA) is 70.1 Å². The van der Waals surface area contributed by atoms with Crippen molar-refractivity contribution in [3.05, 3.63) is 0 Å². The Morgan fingerprint density at radius 1 is 1.22 bits per heavy atom. The molecule has 1 N–H and O–H groups in total. The van der Waals surface area contributed by atoms with Crippen molar-refractivity contribution in [3.8, 4) is 0 Å². The highest BCUT2D eigenvalue weighted by atomic mass is 32.2. The summed E-state index contributed by atoms with van der Waals surface area (Å²) in [6, 6.07) is 0. The number of hydrogen-bond acceptors (Lipinski definition) is 4. The number of morpholine rings is 1. The Balaban J connectivity index is 2.04. The van der Waals surface area contributed by atoms with Crippen molar-refractivity contribution >= 4 is 10.2 Å². The number of aliphatic hydroxyl groups is 1. The highest BCUT2D eigenvalue weighted by Gasteiger charge is 2.48. The van der Waals surface area contributed by atoms with Crippen LogP contribution in [0.15, 0.2) is 0 Å². The Morgan fingerprint density at radius 2 is 1.72 bits per heavy atom. The number of ether oxygens (including phenoxy) is 1. The lowest BCUT2D eigenvalue weighted by Gasteiger charge is -2.47. The third-order valence-corrected chi connectivity index (χ3v) is 5.50. The Labute approximate surface area is 109 Å². The molecule has 6 nitrogen and oxygen atoms in total. The largest absolute Gasteiger partial charge is 0.387 e. The molecule has 2 rings (SSSR count). The van der Waals surface area contributed by atoms with E-state index in [0.717, 1.165) is 0 Å². The maximum Gasteiger partial charge on any atom is 0.282 e. The summed E-state index contributed by atoms with van der Waals surface area (Å²) in [5.41, 5.74) is -0.837. The molecule has 2 heterocycles. The Bertz CT molecular complexity index is 395. The van der Waals surface area contributed by atoms with E-state index >= 15 is 0 Å². The first-order chi connectivity index (χ1) is 8.27. The number of β-amino-alcohol motifs (C(OH)–C–C–N with tert-alkyl or cyclic N) is 1. The summed E-state index contributed by atoms with van der Waals surface area (Å²) >= 11 is 0. The fourth-order valence-corrected chi connectivity index (χ4v) is 4.41. The molecule has 0 aromatic rings. The van der Waals surface area contributed by atoms with Crippen LogP contribution in [0.2, 0.25) is 0 Å². The minimum absolute atomic E-state index is 0.0881. The van der Waals surface area contributed by atoms with Crippen molar-refractivity contribution in [2.45, 2.75) is 45.0 Å². The molecule has 0 aliphatic carbocycles. The average molecular weight is 278 g/mol. The molecule has 0 saturated carbocycles. The zero-order valence-corrected chi connectivity index (χ0v) is 12.0. The van der Waals surface area contributed by atoms with Crippen molar-refractivity contribution in [1.29, 1.82) is 0 Å². The summed E-state index contributed by atoms with van der Waals surface area (Å²) in [5, 5.41) is 9.91. The van der Waals surface area contributed by atoms with Gasteiger partial charge in [0.2, 0.25) is 0 Å². The molecule has 2 aliphatic rings. The SMILES string of the molecule is CCC1(O)CN(S(=O)(=O)N2CC(C)OC(C)C2)C1. The third kappa shape index (κ3) is 2.55. The van der Waals surface area contributed by atoms with Crippen LogP contribution in [0.1, 0.15) is 27.2 Å². The standard InChI is InChI=1S/C11H22N2O4S/c1-4-11(14)7-13(8-11)18(15,16)12-5-9(2)17-10(3)6-12/h9-10,14H,4-8H2,1-3H3. The molecule has 2 aliphatic heterocycles. The first-order valence-electron chi connectivity index (χ1n) is 6.40. The van der Waals surface area contributed by atoms with E-state index in [-0.39, 0.29) is 25.3 Å². The predicted molar refractivity (Wildman–Crippen MR) is 67.3 cm³/mol. The summed E-state index contributed by atoms with van der Waals surface area (Å²) in [6.45, 7) is 6.77. The van der Waals surface area contributed by atoms with E-state index in [1.165, 1.54) is 8.61 Å². The molecule has 106 valence electrons. The van der Waals surface area contributed by atoms with Crippen LogP contribution >= 0.6 is 0 Å². The molecule has 0 aromatic heterocycles. The van der Waals surface area contributed by atoms with Crippen molar-refractivity contribution in [2.75, 3.05) is 26.2 Å². The second-order valence-corrected chi connectivity index (χ2v) is 7.36. The van der Waals surface area contributed by atoms with Gasteiger partial charge in [0.05, 0.1) is 17.8 Å². The van der Waals surface area contributed by atoms with Gasteiger partial charge in [-0.05, 0) is 20.3 Å². The molecule has 0 radical (unpaired) electrons.